The second-order valence-electron chi connectivity index (χ2n) is 8.57. The fourth-order valence-corrected chi connectivity index (χ4v) is 6.92. The molecule has 1 atom stereocenters. The predicted molar refractivity (Wildman–Crippen MR) is 143 cm³/mol. The third kappa shape index (κ3) is 4.77. The second-order valence-corrected chi connectivity index (χ2v) is 11.2. The molecule has 0 aliphatic carbocycles. The minimum atomic E-state index is -3.71. The standard InChI is InChI=1S/C26H27Cl2N3O4S/c1-3-21(26(33)29-2)30(16-18-19(27)10-6-11-20(18)28)24(32)14-7-15-31-22-12-4-8-17-9-5-13-23(25(17)22)36(31,34)35/h4-6,8-13,21H,3,7,14-16H2,1-2H3,(H,29,33)/t21-/m1/s1. The molecule has 3 aromatic rings. The maximum absolute atomic E-state index is 13.4. The molecule has 0 saturated heterocycles. The summed E-state index contributed by atoms with van der Waals surface area (Å²) in [6, 6.07) is 15.1. The van der Waals surface area contributed by atoms with Crippen LogP contribution in [0.3, 0.4) is 0 Å². The molecular weight excluding hydrogens is 521 g/mol. The van der Waals surface area contributed by atoms with E-state index in [9.17, 15) is 18.0 Å². The van der Waals surface area contributed by atoms with Crippen molar-refractivity contribution in [3.8, 4) is 0 Å². The highest BCUT2D eigenvalue weighted by molar-refractivity contribution is 7.93. The van der Waals surface area contributed by atoms with Crippen LogP contribution in [-0.2, 0) is 26.2 Å². The maximum atomic E-state index is 13.4. The first-order chi connectivity index (χ1) is 17.2. The lowest BCUT2D eigenvalue weighted by Crippen LogP contribution is -2.48. The zero-order valence-electron chi connectivity index (χ0n) is 20.0. The summed E-state index contributed by atoms with van der Waals surface area (Å²) < 4.78 is 27.8. The van der Waals surface area contributed by atoms with Crippen molar-refractivity contribution >= 4 is 61.5 Å². The van der Waals surface area contributed by atoms with E-state index in [-0.39, 0.29) is 42.6 Å². The van der Waals surface area contributed by atoms with Gasteiger partial charge in [-0.1, -0.05) is 60.5 Å². The number of carbonyl (C=O) groups excluding carboxylic acids is 2. The van der Waals surface area contributed by atoms with Crippen LogP contribution in [-0.4, -0.2) is 44.8 Å². The normalized spacial score (nSPS) is 14.6. The average Bonchev–Trinajstić information content (AvgIpc) is 3.08. The van der Waals surface area contributed by atoms with E-state index in [1.54, 1.807) is 36.4 Å². The Morgan fingerprint density at radius 1 is 1.03 bits per heavy atom. The highest BCUT2D eigenvalue weighted by Gasteiger charge is 2.35. The molecule has 7 nitrogen and oxygen atoms in total. The Balaban J connectivity index is 1.55. The highest BCUT2D eigenvalue weighted by Crippen LogP contribution is 2.42. The van der Waals surface area contributed by atoms with Gasteiger partial charge in [-0.15, -0.1) is 0 Å². The number of anilines is 1. The molecule has 0 bridgehead atoms. The van der Waals surface area contributed by atoms with Crippen LogP contribution in [0.25, 0.3) is 10.8 Å². The van der Waals surface area contributed by atoms with Crippen LogP contribution in [0.1, 0.15) is 31.7 Å². The summed E-state index contributed by atoms with van der Waals surface area (Å²) in [5, 5.41) is 4.97. The summed E-state index contributed by atoms with van der Waals surface area (Å²) in [6.45, 7) is 2.03. The summed E-state index contributed by atoms with van der Waals surface area (Å²) >= 11 is 12.7. The van der Waals surface area contributed by atoms with Gasteiger partial charge >= 0.3 is 0 Å². The molecule has 1 aliphatic heterocycles. The molecule has 0 aromatic heterocycles. The lowest BCUT2D eigenvalue weighted by molar-refractivity contribution is -0.141. The number of hydrogen-bond donors (Lipinski definition) is 1. The van der Waals surface area contributed by atoms with Gasteiger partial charge in [-0.25, -0.2) is 8.42 Å². The van der Waals surface area contributed by atoms with Gasteiger partial charge in [0.15, 0.2) is 0 Å². The molecule has 36 heavy (non-hydrogen) atoms. The van der Waals surface area contributed by atoms with Gasteiger partial charge in [-0.3, -0.25) is 13.9 Å². The van der Waals surface area contributed by atoms with Crippen molar-refractivity contribution in [2.75, 3.05) is 17.9 Å². The number of halogens is 2. The average molecular weight is 548 g/mol. The van der Waals surface area contributed by atoms with Gasteiger partial charge in [0.05, 0.1) is 10.6 Å². The van der Waals surface area contributed by atoms with Gasteiger partial charge in [0.25, 0.3) is 10.0 Å². The van der Waals surface area contributed by atoms with Gasteiger partial charge in [-0.05, 0) is 42.5 Å². The zero-order chi connectivity index (χ0) is 26.0. The fourth-order valence-electron chi connectivity index (χ4n) is 4.66. The molecule has 3 aromatic carbocycles. The summed E-state index contributed by atoms with van der Waals surface area (Å²) in [7, 11) is -2.18. The Labute approximate surface area is 221 Å². The third-order valence-electron chi connectivity index (χ3n) is 6.46. The van der Waals surface area contributed by atoms with Crippen molar-refractivity contribution in [3.05, 3.63) is 70.2 Å². The first-order valence-corrected chi connectivity index (χ1v) is 13.9. The molecule has 0 unspecified atom stereocenters. The van der Waals surface area contributed by atoms with Crippen molar-refractivity contribution in [1.29, 1.82) is 0 Å². The Bertz CT molecular complexity index is 1400. The van der Waals surface area contributed by atoms with E-state index in [2.05, 4.69) is 5.32 Å². The second kappa shape index (κ2) is 10.7. The fraction of sp³-hybridized carbons (Fsp3) is 0.308. The lowest BCUT2D eigenvalue weighted by atomic mass is 10.1. The molecule has 0 fully saturated rings. The molecule has 1 N–H and O–H groups in total. The molecule has 190 valence electrons. The van der Waals surface area contributed by atoms with E-state index in [0.717, 1.165) is 5.39 Å². The van der Waals surface area contributed by atoms with E-state index in [1.807, 2.05) is 25.1 Å². The van der Waals surface area contributed by atoms with Gasteiger partial charge in [0.1, 0.15) is 6.04 Å². The Hall–Kier alpha value is -2.81. The molecule has 0 radical (unpaired) electrons. The number of rotatable bonds is 9. The van der Waals surface area contributed by atoms with Crippen molar-refractivity contribution in [2.24, 2.45) is 0 Å². The van der Waals surface area contributed by atoms with Crippen molar-refractivity contribution in [1.82, 2.24) is 10.2 Å². The molecule has 0 saturated carbocycles. The van der Waals surface area contributed by atoms with Crippen molar-refractivity contribution < 1.29 is 18.0 Å². The monoisotopic (exact) mass is 547 g/mol. The molecule has 0 spiro atoms. The quantitative estimate of drug-likeness (QED) is 0.408. The highest BCUT2D eigenvalue weighted by atomic mass is 35.5. The Morgan fingerprint density at radius 2 is 1.67 bits per heavy atom. The van der Waals surface area contributed by atoms with E-state index < -0.39 is 16.1 Å². The first-order valence-electron chi connectivity index (χ1n) is 11.7. The van der Waals surface area contributed by atoms with Gasteiger partial charge in [0.2, 0.25) is 11.8 Å². The third-order valence-corrected chi connectivity index (χ3v) is 9.02. The van der Waals surface area contributed by atoms with E-state index in [1.165, 1.54) is 16.3 Å². The van der Waals surface area contributed by atoms with Crippen molar-refractivity contribution in [2.45, 2.75) is 43.7 Å². The molecule has 10 heteroatoms. The van der Waals surface area contributed by atoms with Crippen molar-refractivity contribution in [3.63, 3.8) is 0 Å². The molecular formula is C26H27Cl2N3O4S. The SMILES string of the molecule is CC[C@H](C(=O)NC)N(Cc1c(Cl)cccc1Cl)C(=O)CCCN1c2cccc3cccc(c23)S1(=O)=O. The van der Waals surface area contributed by atoms with E-state index >= 15 is 0 Å². The number of amides is 2. The number of nitrogens with one attached hydrogen (secondary N) is 1. The van der Waals surface area contributed by atoms with Crippen LogP contribution in [0.15, 0.2) is 59.5 Å². The molecule has 4 rings (SSSR count). The summed E-state index contributed by atoms with van der Waals surface area (Å²) in [5.41, 5.74) is 1.17. The molecule has 2 amide bonds. The Kier molecular flexibility index (Phi) is 7.78. The minimum Gasteiger partial charge on any atom is -0.357 e. The van der Waals surface area contributed by atoms with Gasteiger partial charge in [-0.2, -0.15) is 0 Å². The first kappa shape index (κ1) is 26.3. The number of nitrogens with zero attached hydrogens (tertiary/aromatic N) is 2. The number of hydrogen-bond acceptors (Lipinski definition) is 4. The Morgan fingerprint density at radius 3 is 2.31 bits per heavy atom. The lowest BCUT2D eigenvalue weighted by Gasteiger charge is -2.31. The number of carbonyl (C=O) groups is 2. The topological polar surface area (TPSA) is 86.8 Å². The van der Waals surface area contributed by atoms with Gasteiger partial charge in [0, 0.05) is 47.6 Å². The van der Waals surface area contributed by atoms with Crippen LogP contribution in [0, 0.1) is 0 Å². The van der Waals surface area contributed by atoms with Crippen LogP contribution >= 0.6 is 23.2 Å². The molecule has 1 aliphatic rings. The largest absolute Gasteiger partial charge is 0.357 e. The number of benzene rings is 3. The van der Waals surface area contributed by atoms with Crippen LogP contribution in [0.5, 0.6) is 0 Å². The smallest absolute Gasteiger partial charge is 0.265 e. The minimum absolute atomic E-state index is 0.0495. The van der Waals surface area contributed by atoms with Crippen LogP contribution < -0.4 is 9.62 Å². The predicted octanol–water partition coefficient (Wildman–Crippen LogP) is 4.99. The summed E-state index contributed by atoms with van der Waals surface area (Å²) in [6.07, 6.45) is 0.721. The number of likely N-dealkylation sites (N-methyl/N-ethyl adjacent to an activating group) is 1. The van der Waals surface area contributed by atoms with Gasteiger partial charge < -0.3 is 10.2 Å². The molecule has 1 heterocycles. The number of sulfonamides is 1. The zero-order valence-corrected chi connectivity index (χ0v) is 22.3. The van der Waals surface area contributed by atoms with Crippen LogP contribution in [0.2, 0.25) is 10.0 Å². The van der Waals surface area contributed by atoms with Crippen LogP contribution in [0.4, 0.5) is 5.69 Å². The maximum Gasteiger partial charge on any atom is 0.265 e. The summed E-state index contributed by atoms with van der Waals surface area (Å²) in [4.78, 5) is 27.8. The summed E-state index contributed by atoms with van der Waals surface area (Å²) in [5.74, 6) is -0.577. The van der Waals surface area contributed by atoms with E-state index in [0.29, 0.717) is 33.1 Å². The van der Waals surface area contributed by atoms with E-state index in [4.69, 9.17) is 23.2 Å².